The Bertz CT molecular complexity index is 2380. The first-order chi connectivity index (χ1) is 35.3. The molecule has 18 nitrogen and oxygen atoms in total. The summed E-state index contributed by atoms with van der Waals surface area (Å²) in [5.41, 5.74) is 3.02. The maximum Gasteiger partial charge on any atom is 0.490 e. The number of imidazole rings is 2. The molecule has 4 fully saturated rings. The van der Waals surface area contributed by atoms with Gasteiger partial charge in [0.1, 0.15) is 43.0 Å². The SMILES string of the molecule is CN(C(=O)n1cnc(-c2ccc(OCCN3CCN(C(=O)OC(C)(C)C)CC3)cc2)c1)C1CCCCC1.CN(C(=O)n1cnc(-c2ccc(OCCN3CCNCC3)cc2)c1)C1CCCCC1.Cl.Cl.O=C(O)C(F)(F)F. The molecule has 4 aliphatic rings. The molecule has 23 heteroatoms. The number of carbonyl (C=O) groups excluding carboxylic acids is 3. The van der Waals surface area contributed by atoms with Crippen molar-refractivity contribution in [2.24, 2.45) is 0 Å². The van der Waals surface area contributed by atoms with Crippen molar-refractivity contribution < 1.29 is 51.7 Å². The van der Waals surface area contributed by atoms with Gasteiger partial charge in [-0.3, -0.25) is 18.9 Å². The highest BCUT2D eigenvalue weighted by Gasteiger charge is 2.38. The van der Waals surface area contributed by atoms with Crippen molar-refractivity contribution in [2.75, 3.05) is 92.8 Å². The highest BCUT2D eigenvalue weighted by atomic mass is 35.5. The van der Waals surface area contributed by atoms with Crippen LogP contribution in [-0.4, -0.2) is 189 Å². The zero-order valence-corrected chi connectivity index (χ0v) is 46.1. The van der Waals surface area contributed by atoms with Gasteiger partial charge in [-0.1, -0.05) is 38.5 Å². The first kappa shape index (κ1) is 62.9. The number of halogens is 5. The topological polar surface area (TPSA) is 180 Å². The van der Waals surface area contributed by atoms with Gasteiger partial charge in [-0.05, 0) is 95.0 Å². The molecule has 2 saturated heterocycles. The molecule has 76 heavy (non-hydrogen) atoms. The molecule has 2 aromatic carbocycles. The predicted molar refractivity (Wildman–Crippen MR) is 289 cm³/mol. The smallest absolute Gasteiger partial charge is 0.490 e. The highest BCUT2D eigenvalue weighted by molar-refractivity contribution is 5.85. The van der Waals surface area contributed by atoms with E-state index >= 15 is 0 Å². The lowest BCUT2D eigenvalue weighted by Crippen LogP contribution is -2.50. The summed E-state index contributed by atoms with van der Waals surface area (Å²) >= 11 is 0. The number of alkyl halides is 3. The number of carbonyl (C=O) groups is 4. The van der Waals surface area contributed by atoms with E-state index in [1.54, 1.807) is 32.9 Å². The van der Waals surface area contributed by atoms with Gasteiger partial charge < -0.3 is 39.3 Å². The summed E-state index contributed by atoms with van der Waals surface area (Å²) in [6.45, 7) is 15.9. The van der Waals surface area contributed by atoms with Crippen LogP contribution in [0.1, 0.15) is 85.0 Å². The van der Waals surface area contributed by atoms with Gasteiger partial charge >= 0.3 is 30.3 Å². The normalized spacial score (nSPS) is 16.8. The van der Waals surface area contributed by atoms with Crippen LogP contribution in [0.4, 0.5) is 27.6 Å². The van der Waals surface area contributed by atoms with Gasteiger partial charge in [-0.25, -0.2) is 29.1 Å². The van der Waals surface area contributed by atoms with Gasteiger partial charge in [-0.15, -0.1) is 24.8 Å². The zero-order valence-electron chi connectivity index (χ0n) is 44.4. The summed E-state index contributed by atoms with van der Waals surface area (Å²) in [7, 11) is 3.80. The number of amides is 3. The van der Waals surface area contributed by atoms with E-state index in [-0.39, 0.29) is 43.0 Å². The van der Waals surface area contributed by atoms with Crippen molar-refractivity contribution in [3.8, 4) is 34.0 Å². The Morgan fingerprint density at radius 3 is 1.38 bits per heavy atom. The molecule has 2 aliphatic heterocycles. The summed E-state index contributed by atoms with van der Waals surface area (Å²) in [6, 6.07) is 16.4. The van der Waals surface area contributed by atoms with Crippen LogP contribution >= 0.6 is 24.8 Å². The second kappa shape index (κ2) is 30.4. The van der Waals surface area contributed by atoms with Crippen molar-refractivity contribution in [1.82, 2.24) is 48.9 Å². The van der Waals surface area contributed by atoms with Crippen LogP contribution in [-0.2, 0) is 9.53 Å². The Hall–Kier alpha value is -5.61. The number of hydrogen-bond acceptors (Lipinski definition) is 12. The predicted octanol–water partition coefficient (Wildman–Crippen LogP) is 9.26. The lowest BCUT2D eigenvalue weighted by molar-refractivity contribution is -0.192. The Kier molecular flexibility index (Phi) is 25.1. The maximum atomic E-state index is 12.9. The fraction of sp³-hybridized carbons (Fsp3) is 0.585. The molecule has 422 valence electrons. The lowest BCUT2D eigenvalue weighted by atomic mass is 9.95. The minimum Gasteiger partial charge on any atom is -0.492 e. The molecule has 4 heterocycles. The van der Waals surface area contributed by atoms with E-state index in [1.165, 1.54) is 38.5 Å². The quantitative estimate of drug-likeness (QED) is 0.137. The van der Waals surface area contributed by atoms with Crippen LogP contribution in [0.2, 0.25) is 0 Å². The number of nitrogens with one attached hydrogen (secondary N) is 1. The molecule has 4 aromatic rings. The lowest BCUT2D eigenvalue weighted by Gasteiger charge is -2.35. The molecule has 0 atom stereocenters. The van der Waals surface area contributed by atoms with E-state index < -0.39 is 17.7 Å². The van der Waals surface area contributed by atoms with Gasteiger partial charge in [-0.2, -0.15) is 13.2 Å². The first-order valence-corrected chi connectivity index (χ1v) is 25.9. The molecule has 3 amide bonds. The van der Waals surface area contributed by atoms with E-state index in [9.17, 15) is 27.6 Å². The summed E-state index contributed by atoms with van der Waals surface area (Å²) in [5.74, 6) is -1.10. The molecule has 2 aromatic heterocycles. The fourth-order valence-electron chi connectivity index (χ4n) is 9.21. The standard InChI is InChI=1S/C28H41N5O4.C23H33N5O2.C2HF3O2.2ClH/c1-28(2,3)37-27(35)32-16-14-31(15-17-32)18-19-36-24-12-10-22(11-13-24)25-20-33(21-29-25)26(34)30(4)23-8-6-5-7-9-23;1-26(20-5-3-2-4-6-20)23(29)28-17-22(25-18-28)19-7-9-21(10-8-19)30-16-15-27-13-11-24-12-14-27;3-2(4,5)1(6)7;;/h10-13,20-21,23H,5-9,14-19H2,1-4H3;7-10,17-18,20,24H,2-6,11-16H2,1H3;(H,6,7);2*1H. The fourth-order valence-corrected chi connectivity index (χ4v) is 9.21. The van der Waals surface area contributed by atoms with Crippen molar-refractivity contribution in [1.29, 1.82) is 0 Å². The monoisotopic (exact) mass is 1110 g/mol. The van der Waals surface area contributed by atoms with Gasteiger partial charge in [0, 0.05) is 115 Å². The van der Waals surface area contributed by atoms with Crippen molar-refractivity contribution in [2.45, 2.75) is 109 Å². The number of carboxylic acid groups (broad SMARTS) is 1. The van der Waals surface area contributed by atoms with Crippen molar-refractivity contribution >= 4 is 48.9 Å². The van der Waals surface area contributed by atoms with E-state index in [1.807, 2.05) is 99.4 Å². The minimum absolute atomic E-state index is 0. The zero-order chi connectivity index (χ0) is 53.3. The molecule has 0 bridgehead atoms. The number of nitrogens with zero attached hydrogens (tertiary/aromatic N) is 9. The average Bonchev–Trinajstić information content (AvgIpc) is 4.11. The van der Waals surface area contributed by atoms with E-state index in [0.717, 1.165) is 112 Å². The number of aromatic nitrogens is 4. The average molecular weight is 1110 g/mol. The number of carboxylic acids is 1. The number of ether oxygens (including phenoxy) is 3. The molecule has 0 unspecified atom stereocenters. The number of hydrogen-bond donors (Lipinski definition) is 2. The molecular weight excluding hydrogens is 1030 g/mol. The number of benzene rings is 2. The Balaban J connectivity index is 0.000000289. The van der Waals surface area contributed by atoms with Crippen molar-refractivity contribution in [3.05, 3.63) is 73.6 Å². The Morgan fingerprint density at radius 1 is 0.632 bits per heavy atom. The molecule has 0 spiro atoms. The Morgan fingerprint density at radius 2 is 1.01 bits per heavy atom. The summed E-state index contributed by atoms with van der Waals surface area (Å²) < 4.78 is 52.2. The highest BCUT2D eigenvalue weighted by Crippen LogP contribution is 2.26. The summed E-state index contributed by atoms with van der Waals surface area (Å²) in [5, 5.41) is 10.5. The molecule has 2 saturated carbocycles. The van der Waals surface area contributed by atoms with Crippen LogP contribution in [0, 0.1) is 0 Å². The van der Waals surface area contributed by atoms with Crippen LogP contribution in [0.3, 0.4) is 0 Å². The van der Waals surface area contributed by atoms with Gasteiger partial charge in [0.05, 0.1) is 11.4 Å². The van der Waals surface area contributed by atoms with Gasteiger partial charge in [0.15, 0.2) is 0 Å². The van der Waals surface area contributed by atoms with Gasteiger partial charge in [0.2, 0.25) is 0 Å². The third-order valence-electron chi connectivity index (χ3n) is 13.6. The number of piperazine rings is 2. The van der Waals surface area contributed by atoms with Crippen LogP contribution in [0.25, 0.3) is 22.5 Å². The van der Waals surface area contributed by atoms with E-state index in [0.29, 0.717) is 38.4 Å². The molecular formula is C53H77Cl2F3N10O8. The van der Waals surface area contributed by atoms with Gasteiger partial charge in [0.25, 0.3) is 0 Å². The molecule has 0 radical (unpaired) electrons. The summed E-state index contributed by atoms with van der Waals surface area (Å²) in [6.07, 6.45) is 13.2. The third kappa shape index (κ3) is 19.8. The van der Waals surface area contributed by atoms with E-state index in [2.05, 4.69) is 25.1 Å². The second-order valence-electron chi connectivity index (χ2n) is 20.2. The summed E-state index contributed by atoms with van der Waals surface area (Å²) in [4.78, 5) is 65.9. The molecule has 8 rings (SSSR count). The second-order valence-corrected chi connectivity index (χ2v) is 20.2. The van der Waals surface area contributed by atoms with Crippen LogP contribution in [0.5, 0.6) is 11.5 Å². The maximum absolute atomic E-state index is 12.9. The Labute approximate surface area is 457 Å². The molecule has 2 aliphatic carbocycles. The largest absolute Gasteiger partial charge is 0.492 e. The number of rotatable bonds is 12. The van der Waals surface area contributed by atoms with Crippen LogP contribution < -0.4 is 14.8 Å². The minimum atomic E-state index is -5.08. The third-order valence-corrected chi connectivity index (χ3v) is 13.6. The molecule has 2 N–H and O–H groups in total. The van der Waals surface area contributed by atoms with Crippen LogP contribution in [0.15, 0.2) is 73.6 Å². The number of aliphatic carboxylic acids is 1. The van der Waals surface area contributed by atoms with Crippen molar-refractivity contribution in [3.63, 3.8) is 0 Å². The first-order valence-electron chi connectivity index (χ1n) is 25.9. The van der Waals surface area contributed by atoms with E-state index in [4.69, 9.17) is 24.1 Å².